The molecule has 2 aromatic carbocycles. The van der Waals surface area contributed by atoms with Crippen molar-refractivity contribution in [1.82, 2.24) is 0 Å². The zero-order valence-corrected chi connectivity index (χ0v) is 13.1. The van der Waals surface area contributed by atoms with Gasteiger partial charge in [0.2, 0.25) is 0 Å². The normalized spacial score (nSPS) is 10.6. The Hall–Kier alpha value is -1.96. The van der Waals surface area contributed by atoms with Crippen molar-refractivity contribution in [3.05, 3.63) is 53.1 Å². The van der Waals surface area contributed by atoms with Gasteiger partial charge in [0, 0.05) is 0 Å². The van der Waals surface area contributed by atoms with Crippen molar-refractivity contribution in [2.24, 2.45) is 0 Å². The van der Waals surface area contributed by atoms with E-state index in [9.17, 15) is 5.11 Å². The van der Waals surface area contributed by atoms with E-state index in [2.05, 4.69) is 6.92 Å². The summed E-state index contributed by atoms with van der Waals surface area (Å²) < 4.78 is 5.90. The first-order valence-electron chi connectivity index (χ1n) is 7.67. The third-order valence-corrected chi connectivity index (χ3v) is 3.71. The minimum atomic E-state index is 0.214. The van der Waals surface area contributed by atoms with Gasteiger partial charge in [0.15, 0.2) is 11.5 Å². The quantitative estimate of drug-likeness (QED) is 0.706. The lowest BCUT2D eigenvalue weighted by molar-refractivity contribution is 0.407. The van der Waals surface area contributed by atoms with Gasteiger partial charge in [-0.2, -0.15) is 0 Å². The number of ether oxygens (including phenoxy) is 1. The Kier molecular flexibility index (Phi) is 5.26. The van der Waals surface area contributed by atoms with Crippen LogP contribution in [0, 0.1) is 13.8 Å². The maximum Gasteiger partial charge on any atom is 0.169 e. The summed E-state index contributed by atoms with van der Waals surface area (Å²) in [6.07, 6.45) is 4.60. The number of hydrogen-bond donors (Lipinski definition) is 1. The van der Waals surface area contributed by atoms with Gasteiger partial charge in [-0.3, -0.25) is 0 Å². The zero-order chi connectivity index (χ0) is 15.2. The van der Waals surface area contributed by atoms with Gasteiger partial charge in [-0.25, -0.2) is 0 Å². The summed E-state index contributed by atoms with van der Waals surface area (Å²) >= 11 is 0. The molecule has 0 amide bonds. The van der Waals surface area contributed by atoms with Crippen LogP contribution in [-0.4, -0.2) is 5.11 Å². The maximum absolute atomic E-state index is 10.2. The summed E-state index contributed by atoms with van der Waals surface area (Å²) in [5, 5.41) is 10.2. The molecule has 0 aliphatic rings. The molecule has 0 saturated carbocycles. The predicted octanol–water partition coefficient (Wildman–Crippen LogP) is 5.53. The van der Waals surface area contributed by atoms with Gasteiger partial charge in [0.25, 0.3) is 0 Å². The maximum atomic E-state index is 10.2. The Morgan fingerprint density at radius 3 is 2.33 bits per heavy atom. The molecule has 0 spiro atoms. The van der Waals surface area contributed by atoms with Crippen LogP contribution in [0.5, 0.6) is 17.2 Å². The molecule has 2 rings (SSSR count). The third kappa shape index (κ3) is 4.01. The van der Waals surface area contributed by atoms with Gasteiger partial charge in [-0.05, 0) is 55.5 Å². The smallest absolute Gasteiger partial charge is 0.169 e. The Morgan fingerprint density at radius 2 is 1.71 bits per heavy atom. The summed E-state index contributed by atoms with van der Waals surface area (Å²) in [4.78, 5) is 0. The molecule has 0 heterocycles. The molecule has 0 fully saturated rings. The van der Waals surface area contributed by atoms with Gasteiger partial charge in [0.05, 0.1) is 0 Å². The molecule has 2 heteroatoms. The fourth-order valence-electron chi connectivity index (χ4n) is 2.45. The summed E-state index contributed by atoms with van der Waals surface area (Å²) in [5.41, 5.74) is 3.30. The van der Waals surface area contributed by atoms with Gasteiger partial charge < -0.3 is 9.84 Å². The second-order valence-electron chi connectivity index (χ2n) is 5.58. The highest BCUT2D eigenvalue weighted by molar-refractivity contribution is 5.48. The van der Waals surface area contributed by atoms with Crippen molar-refractivity contribution in [2.45, 2.75) is 46.5 Å². The standard InChI is InChI=1S/C19H24O2/c1-4-5-6-10-16-11-12-18(17(20)13-16)21-19-14(2)8-7-9-15(19)3/h7-9,11-13,20H,4-6,10H2,1-3H3. The van der Waals surface area contributed by atoms with Gasteiger partial charge in [0.1, 0.15) is 5.75 Å². The molecule has 112 valence electrons. The first-order valence-corrected chi connectivity index (χ1v) is 7.67. The Labute approximate surface area is 127 Å². The minimum Gasteiger partial charge on any atom is -0.504 e. The number of phenols is 1. The van der Waals surface area contributed by atoms with E-state index in [4.69, 9.17) is 4.74 Å². The van der Waals surface area contributed by atoms with Crippen LogP contribution in [0.1, 0.15) is 42.9 Å². The number of phenolic OH excluding ortho intramolecular Hbond substituents is 1. The third-order valence-electron chi connectivity index (χ3n) is 3.71. The molecule has 0 aliphatic heterocycles. The van der Waals surface area contributed by atoms with Gasteiger partial charge in [-0.15, -0.1) is 0 Å². The van der Waals surface area contributed by atoms with Gasteiger partial charge >= 0.3 is 0 Å². The monoisotopic (exact) mass is 284 g/mol. The number of hydrogen-bond acceptors (Lipinski definition) is 2. The predicted molar refractivity (Wildman–Crippen MR) is 87.3 cm³/mol. The van der Waals surface area contributed by atoms with Crippen molar-refractivity contribution >= 4 is 0 Å². The Morgan fingerprint density at radius 1 is 1.00 bits per heavy atom. The summed E-state index contributed by atoms with van der Waals surface area (Å²) in [5.74, 6) is 1.56. The first-order chi connectivity index (χ1) is 10.1. The van der Waals surface area contributed by atoms with Crippen molar-refractivity contribution < 1.29 is 9.84 Å². The van der Waals surface area contributed by atoms with Gasteiger partial charge in [-0.1, -0.05) is 44.0 Å². The van der Waals surface area contributed by atoms with Crippen LogP contribution in [0.2, 0.25) is 0 Å². The van der Waals surface area contributed by atoms with Crippen LogP contribution < -0.4 is 4.74 Å². The lowest BCUT2D eigenvalue weighted by atomic mass is 10.1. The fourth-order valence-corrected chi connectivity index (χ4v) is 2.45. The lowest BCUT2D eigenvalue weighted by Gasteiger charge is -2.13. The van der Waals surface area contributed by atoms with E-state index < -0.39 is 0 Å². The number of aryl methyl sites for hydroxylation is 3. The van der Waals surface area contributed by atoms with E-state index in [0.29, 0.717) is 5.75 Å². The molecule has 0 saturated heterocycles. The number of aromatic hydroxyl groups is 1. The number of unbranched alkanes of at least 4 members (excludes halogenated alkanes) is 2. The van der Waals surface area contributed by atoms with Crippen LogP contribution in [0.25, 0.3) is 0 Å². The average molecular weight is 284 g/mol. The van der Waals surface area contributed by atoms with Crippen molar-refractivity contribution in [3.63, 3.8) is 0 Å². The average Bonchev–Trinajstić information content (AvgIpc) is 2.45. The molecule has 0 aromatic heterocycles. The molecular formula is C19H24O2. The number of rotatable bonds is 6. The van der Waals surface area contributed by atoms with Crippen LogP contribution >= 0.6 is 0 Å². The van der Waals surface area contributed by atoms with Crippen LogP contribution in [0.3, 0.4) is 0 Å². The molecule has 0 unspecified atom stereocenters. The molecule has 2 nitrogen and oxygen atoms in total. The summed E-state index contributed by atoms with van der Waals surface area (Å²) in [7, 11) is 0. The molecule has 0 atom stereocenters. The molecule has 2 aromatic rings. The first kappa shape index (κ1) is 15.4. The molecule has 0 radical (unpaired) electrons. The van der Waals surface area contributed by atoms with Crippen molar-refractivity contribution in [1.29, 1.82) is 0 Å². The lowest BCUT2D eigenvalue weighted by Crippen LogP contribution is -1.92. The number of benzene rings is 2. The van der Waals surface area contributed by atoms with Crippen LogP contribution in [0.4, 0.5) is 0 Å². The van der Waals surface area contributed by atoms with E-state index in [1.165, 1.54) is 12.8 Å². The second-order valence-corrected chi connectivity index (χ2v) is 5.58. The highest BCUT2D eigenvalue weighted by Gasteiger charge is 2.09. The minimum absolute atomic E-state index is 0.214. The van der Waals surface area contributed by atoms with Crippen LogP contribution in [0.15, 0.2) is 36.4 Å². The van der Waals surface area contributed by atoms with E-state index >= 15 is 0 Å². The van der Waals surface area contributed by atoms with Crippen molar-refractivity contribution in [2.75, 3.05) is 0 Å². The molecular weight excluding hydrogens is 260 g/mol. The Bertz CT molecular complexity index is 582. The van der Waals surface area contributed by atoms with E-state index in [1.54, 1.807) is 0 Å². The largest absolute Gasteiger partial charge is 0.504 e. The van der Waals surface area contributed by atoms with E-state index in [1.807, 2.05) is 50.2 Å². The molecule has 0 bridgehead atoms. The van der Waals surface area contributed by atoms with E-state index in [0.717, 1.165) is 35.3 Å². The number of para-hydroxylation sites is 1. The fraction of sp³-hybridized carbons (Fsp3) is 0.368. The molecule has 0 aliphatic carbocycles. The molecule has 1 N–H and O–H groups in total. The van der Waals surface area contributed by atoms with Crippen LogP contribution in [-0.2, 0) is 6.42 Å². The topological polar surface area (TPSA) is 29.5 Å². The highest BCUT2D eigenvalue weighted by atomic mass is 16.5. The second kappa shape index (κ2) is 7.16. The highest BCUT2D eigenvalue weighted by Crippen LogP contribution is 2.34. The SMILES string of the molecule is CCCCCc1ccc(Oc2c(C)cccc2C)c(O)c1. The zero-order valence-electron chi connectivity index (χ0n) is 13.1. The summed E-state index contributed by atoms with van der Waals surface area (Å²) in [6, 6.07) is 11.8. The summed E-state index contributed by atoms with van der Waals surface area (Å²) in [6.45, 7) is 6.22. The molecule has 21 heavy (non-hydrogen) atoms. The Balaban J connectivity index is 2.14. The van der Waals surface area contributed by atoms with Crippen molar-refractivity contribution in [3.8, 4) is 17.2 Å². The van der Waals surface area contributed by atoms with E-state index in [-0.39, 0.29) is 5.75 Å².